The summed E-state index contributed by atoms with van der Waals surface area (Å²) in [6.07, 6.45) is 3.01. The van der Waals surface area contributed by atoms with Crippen molar-refractivity contribution in [2.24, 2.45) is 10.1 Å². The highest BCUT2D eigenvalue weighted by atomic mass is 32.2. The Morgan fingerprint density at radius 1 is 1.27 bits per heavy atom. The minimum Gasteiger partial charge on any atom is -0.356 e. The van der Waals surface area contributed by atoms with Crippen molar-refractivity contribution in [1.82, 2.24) is 15.5 Å². The summed E-state index contributed by atoms with van der Waals surface area (Å²) in [5.74, 6) is 0.814. The molecule has 1 aliphatic heterocycles. The number of guanidine groups is 1. The van der Waals surface area contributed by atoms with Crippen molar-refractivity contribution in [2.45, 2.75) is 50.1 Å². The summed E-state index contributed by atoms with van der Waals surface area (Å²) in [6, 6.07) is 7.72. The van der Waals surface area contributed by atoms with Crippen molar-refractivity contribution in [3.8, 4) is 0 Å². The number of nitrogens with one attached hydrogen (secondary N) is 2. The predicted octanol–water partition coefficient (Wildman–Crippen LogP) is 0.914. The minimum absolute atomic E-state index is 0.138. The van der Waals surface area contributed by atoms with E-state index in [4.69, 9.17) is 5.14 Å². The van der Waals surface area contributed by atoms with Crippen LogP contribution in [0.3, 0.4) is 0 Å². The summed E-state index contributed by atoms with van der Waals surface area (Å²) in [4.78, 5) is 6.94. The maximum absolute atomic E-state index is 11.3. The first kappa shape index (κ1) is 20.7. The van der Waals surface area contributed by atoms with Crippen LogP contribution < -0.4 is 15.8 Å². The van der Waals surface area contributed by atoms with Crippen LogP contribution in [0, 0.1) is 0 Å². The summed E-state index contributed by atoms with van der Waals surface area (Å²) in [5, 5.41) is 11.9. The van der Waals surface area contributed by atoms with Gasteiger partial charge in [0.1, 0.15) is 0 Å². The highest BCUT2D eigenvalue weighted by Gasteiger charge is 2.21. The average molecular weight is 382 g/mol. The van der Waals surface area contributed by atoms with Gasteiger partial charge in [0.2, 0.25) is 10.0 Å². The number of benzene rings is 1. The molecule has 0 amide bonds. The summed E-state index contributed by atoms with van der Waals surface area (Å²) in [6.45, 7) is 7.43. The lowest BCUT2D eigenvalue weighted by molar-refractivity contribution is 0.167. The first-order chi connectivity index (χ1) is 12.3. The van der Waals surface area contributed by atoms with Crippen LogP contribution in [-0.2, 0) is 16.4 Å². The van der Waals surface area contributed by atoms with Crippen molar-refractivity contribution in [3.63, 3.8) is 0 Å². The highest BCUT2D eigenvalue weighted by Crippen LogP contribution is 2.13. The molecule has 0 saturated carbocycles. The Labute approximate surface area is 157 Å². The van der Waals surface area contributed by atoms with Crippen LogP contribution in [0.4, 0.5) is 0 Å². The van der Waals surface area contributed by atoms with E-state index in [0.29, 0.717) is 12.1 Å². The average Bonchev–Trinajstić information content (AvgIpc) is 2.61. The van der Waals surface area contributed by atoms with Crippen molar-refractivity contribution in [1.29, 1.82) is 0 Å². The monoisotopic (exact) mass is 381 g/mol. The largest absolute Gasteiger partial charge is 0.356 e. The molecule has 8 heteroatoms. The zero-order valence-corrected chi connectivity index (χ0v) is 16.7. The number of likely N-dealkylation sites (tertiary alicyclic amines) is 1. The second-order valence-electron chi connectivity index (χ2n) is 6.99. The molecule has 0 unspecified atom stereocenters. The van der Waals surface area contributed by atoms with E-state index in [2.05, 4.69) is 34.4 Å². The molecule has 26 heavy (non-hydrogen) atoms. The zero-order chi connectivity index (χ0) is 19.2. The molecule has 146 valence electrons. The van der Waals surface area contributed by atoms with Crippen LogP contribution in [0.15, 0.2) is 34.2 Å². The van der Waals surface area contributed by atoms with E-state index in [1.807, 2.05) is 0 Å². The molecule has 4 N–H and O–H groups in total. The van der Waals surface area contributed by atoms with Gasteiger partial charge in [0.15, 0.2) is 5.96 Å². The minimum atomic E-state index is -3.63. The zero-order valence-electron chi connectivity index (χ0n) is 15.9. The molecule has 0 aromatic heterocycles. The van der Waals surface area contributed by atoms with Crippen molar-refractivity contribution < 1.29 is 8.42 Å². The quantitative estimate of drug-likeness (QED) is 0.502. The molecule has 0 spiro atoms. The van der Waals surface area contributed by atoms with Gasteiger partial charge >= 0.3 is 0 Å². The Hall–Kier alpha value is -1.64. The standard InChI is InChI=1S/C18H31N5O2S/c1-14(2)23-12-9-16(10-13-23)22-18(20-3)21-11-8-15-4-6-17(7-5-15)26(19,24)25/h4-7,14,16H,8-13H2,1-3H3,(H2,19,24,25)(H2,20,21,22). The first-order valence-electron chi connectivity index (χ1n) is 9.12. The normalized spacial score (nSPS) is 17.5. The number of nitrogens with zero attached hydrogens (tertiary/aromatic N) is 2. The molecule has 1 saturated heterocycles. The highest BCUT2D eigenvalue weighted by molar-refractivity contribution is 7.89. The van der Waals surface area contributed by atoms with E-state index in [1.165, 1.54) is 0 Å². The lowest BCUT2D eigenvalue weighted by atomic mass is 10.0. The van der Waals surface area contributed by atoms with E-state index in [0.717, 1.165) is 50.4 Å². The SMILES string of the molecule is CN=C(NCCc1ccc(S(N)(=O)=O)cc1)NC1CCN(C(C)C)CC1. The maximum atomic E-state index is 11.3. The molecule has 0 radical (unpaired) electrons. The van der Waals surface area contributed by atoms with Crippen molar-refractivity contribution in [3.05, 3.63) is 29.8 Å². The molecule has 1 fully saturated rings. The molecule has 1 aromatic rings. The molecule has 0 bridgehead atoms. The van der Waals surface area contributed by atoms with Crippen LogP contribution in [0.5, 0.6) is 0 Å². The van der Waals surface area contributed by atoms with Crippen molar-refractivity contribution in [2.75, 3.05) is 26.7 Å². The third-order valence-electron chi connectivity index (χ3n) is 4.78. The number of primary sulfonamides is 1. The molecule has 7 nitrogen and oxygen atoms in total. The van der Waals surface area contributed by atoms with E-state index >= 15 is 0 Å². The number of aliphatic imine (C=N–C) groups is 1. The fraction of sp³-hybridized carbons (Fsp3) is 0.611. The van der Waals surface area contributed by atoms with Gasteiger partial charge in [-0.1, -0.05) is 12.1 Å². The topological polar surface area (TPSA) is 99.8 Å². The molecule has 1 aromatic carbocycles. The molecular formula is C18H31N5O2S. The van der Waals surface area contributed by atoms with Crippen LogP contribution in [0.25, 0.3) is 0 Å². The number of hydrogen-bond acceptors (Lipinski definition) is 4. The third-order valence-corrected chi connectivity index (χ3v) is 5.71. The van der Waals surface area contributed by atoms with Crippen LogP contribution in [0.2, 0.25) is 0 Å². The molecule has 2 rings (SSSR count). The van der Waals surface area contributed by atoms with Crippen LogP contribution in [0.1, 0.15) is 32.3 Å². The van der Waals surface area contributed by atoms with Gasteiger partial charge in [-0.05, 0) is 50.8 Å². The Bertz CT molecular complexity index is 693. The number of sulfonamides is 1. The van der Waals surface area contributed by atoms with Gasteiger partial charge in [0, 0.05) is 38.8 Å². The smallest absolute Gasteiger partial charge is 0.238 e. The van der Waals surface area contributed by atoms with Crippen molar-refractivity contribution >= 4 is 16.0 Å². The van der Waals surface area contributed by atoms with Gasteiger partial charge in [-0.2, -0.15) is 0 Å². The molecule has 1 aliphatic rings. The predicted molar refractivity (Wildman–Crippen MR) is 106 cm³/mol. The summed E-state index contributed by atoms with van der Waals surface area (Å²) in [5.41, 5.74) is 1.05. The number of nitrogens with two attached hydrogens (primary N) is 1. The summed E-state index contributed by atoms with van der Waals surface area (Å²) in [7, 11) is -1.85. The Kier molecular flexibility index (Phi) is 7.43. The molecule has 0 atom stereocenters. The first-order valence-corrected chi connectivity index (χ1v) is 10.7. The lowest BCUT2D eigenvalue weighted by Gasteiger charge is -2.35. The summed E-state index contributed by atoms with van der Waals surface area (Å²) < 4.78 is 22.5. The van der Waals surface area contributed by atoms with Crippen LogP contribution in [-0.4, -0.2) is 58.0 Å². The van der Waals surface area contributed by atoms with E-state index in [1.54, 1.807) is 31.3 Å². The van der Waals surface area contributed by atoms with Gasteiger partial charge in [0.05, 0.1) is 4.90 Å². The van der Waals surface area contributed by atoms with Gasteiger partial charge < -0.3 is 15.5 Å². The molecular weight excluding hydrogens is 350 g/mol. The number of hydrogen-bond donors (Lipinski definition) is 3. The summed E-state index contributed by atoms with van der Waals surface area (Å²) >= 11 is 0. The lowest BCUT2D eigenvalue weighted by Crippen LogP contribution is -2.50. The van der Waals surface area contributed by atoms with Gasteiger partial charge in [-0.3, -0.25) is 4.99 Å². The molecule has 0 aliphatic carbocycles. The second-order valence-corrected chi connectivity index (χ2v) is 8.55. The Morgan fingerprint density at radius 2 is 1.88 bits per heavy atom. The Morgan fingerprint density at radius 3 is 2.38 bits per heavy atom. The number of rotatable bonds is 6. The van der Waals surface area contributed by atoms with Gasteiger partial charge in [0.25, 0.3) is 0 Å². The second kappa shape index (κ2) is 9.34. The fourth-order valence-electron chi connectivity index (χ4n) is 3.12. The van der Waals surface area contributed by atoms with E-state index < -0.39 is 10.0 Å². The van der Waals surface area contributed by atoms with Gasteiger partial charge in [-0.25, -0.2) is 13.6 Å². The maximum Gasteiger partial charge on any atom is 0.238 e. The van der Waals surface area contributed by atoms with Gasteiger partial charge in [-0.15, -0.1) is 0 Å². The van der Waals surface area contributed by atoms with Crippen LogP contribution >= 0.6 is 0 Å². The number of piperidine rings is 1. The third kappa shape index (κ3) is 6.26. The fourth-order valence-corrected chi connectivity index (χ4v) is 3.63. The Balaban J connectivity index is 1.76. The van der Waals surface area contributed by atoms with E-state index in [9.17, 15) is 8.42 Å². The van der Waals surface area contributed by atoms with E-state index in [-0.39, 0.29) is 4.90 Å². The molecule has 1 heterocycles.